The molecule has 28 heavy (non-hydrogen) atoms. The Morgan fingerprint density at radius 1 is 1.11 bits per heavy atom. The highest BCUT2D eigenvalue weighted by Crippen LogP contribution is 2.23. The number of imidazole rings is 1. The van der Waals surface area contributed by atoms with Gasteiger partial charge in [-0.2, -0.15) is 0 Å². The van der Waals surface area contributed by atoms with Gasteiger partial charge in [0.1, 0.15) is 5.75 Å². The summed E-state index contributed by atoms with van der Waals surface area (Å²) in [5, 5.41) is 4.79. The molecule has 0 aliphatic rings. The molecule has 2 aromatic heterocycles. The van der Waals surface area contributed by atoms with Gasteiger partial charge in [-0.3, -0.25) is 14.0 Å². The van der Waals surface area contributed by atoms with E-state index >= 15 is 0 Å². The third-order valence-electron chi connectivity index (χ3n) is 4.19. The third-order valence-corrected chi connectivity index (χ3v) is 4.96. The summed E-state index contributed by atoms with van der Waals surface area (Å²) < 4.78 is 7.44. The highest BCUT2D eigenvalue weighted by atomic mass is 32.1. The van der Waals surface area contributed by atoms with Crippen LogP contribution in [-0.2, 0) is 4.79 Å². The molecule has 4 rings (SSSR count). The van der Waals surface area contributed by atoms with Gasteiger partial charge in [-0.05, 0) is 43.3 Å². The molecule has 1 N–H and O–H groups in total. The summed E-state index contributed by atoms with van der Waals surface area (Å²) >= 11 is 1.58. The minimum atomic E-state index is -0.258. The lowest BCUT2D eigenvalue weighted by atomic mass is 10.1. The molecule has 2 aromatic carbocycles. The van der Waals surface area contributed by atoms with E-state index in [2.05, 4.69) is 10.3 Å². The Bertz CT molecular complexity index is 1100. The number of nitrogens with one attached hydrogen (secondary N) is 1. The van der Waals surface area contributed by atoms with E-state index in [-0.39, 0.29) is 18.3 Å². The number of rotatable bonds is 6. The topological polar surface area (TPSA) is 72.7 Å². The zero-order chi connectivity index (χ0) is 19.5. The fourth-order valence-corrected chi connectivity index (χ4v) is 3.42. The number of hydrogen-bond acceptors (Lipinski definition) is 5. The van der Waals surface area contributed by atoms with Crippen LogP contribution in [0.5, 0.6) is 5.75 Å². The fourth-order valence-electron chi connectivity index (χ4n) is 2.72. The number of ketones is 1. The first-order chi connectivity index (χ1) is 13.6. The Kier molecular flexibility index (Phi) is 4.90. The smallest absolute Gasteiger partial charge is 0.262 e. The SMILES string of the molecule is CC(=O)c1ccc(OCC(=O)Nc2ccc(-c3cn4ccsc4n3)cc2)cc1. The molecule has 7 heteroatoms. The van der Waals surface area contributed by atoms with Crippen molar-refractivity contribution in [2.24, 2.45) is 0 Å². The van der Waals surface area contributed by atoms with Crippen LogP contribution in [0.4, 0.5) is 5.69 Å². The second kappa shape index (κ2) is 7.66. The van der Waals surface area contributed by atoms with E-state index in [1.165, 1.54) is 6.92 Å². The fraction of sp³-hybridized carbons (Fsp3) is 0.0952. The summed E-state index contributed by atoms with van der Waals surface area (Å²) in [6.07, 6.45) is 3.95. The molecule has 4 aromatic rings. The molecule has 0 bridgehead atoms. The van der Waals surface area contributed by atoms with Crippen LogP contribution in [0, 0.1) is 0 Å². The summed E-state index contributed by atoms with van der Waals surface area (Å²) in [6.45, 7) is 1.39. The first kappa shape index (κ1) is 17.9. The summed E-state index contributed by atoms with van der Waals surface area (Å²) in [4.78, 5) is 28.9. The highest BCUT2D eigenvalue weighted by molar-refractivity contribution is 7.15. The second-order valence-electron chi connectivity index (χ2n) is 6.21. The van der Waals surface area contributed by atoms with Crippen molar-refractivity contribution in [3.8, 4) is 17.0 Å². The average Bonchev–Trinajstić information content (AvgIpc) is 3.29. The predicted molar refractivity (Wildman–Crippen MR) is 109 cm³/mol. The van der Waals surface area contributed by atoms with E-state index in [0.717, 1.165) is 16.2 Å². The molecule has 0 fully saturated rings. The van der Waals surface area contributed by atoms with Gasteiger partial charge in [-0.25, -0.2) is 4.98 Å². The predicted octanol–water partition coefficient (Wildman–Crippen LogP) is 4.28. The summed E-state index contributed by atoms with van der Waals surface area (Å²) in [7, 11) is 0. The van der Waals surface area contributed by atoms with Crippen molar-refractivity contribution in [3.05, 3.63) is 71.9 Å². The molecule has 0 spiro atoms. The molecule has 0 saturated heterocycles. The van der Waals surface area contributed by atoms with Crippen LogP contribution in [0.25, 0.3) is 16.2 Å². The van der Waals surface area contributed by atoms with Gasteiger partial charge in [-0.15, -0.1) is 11.3 Å². The normalized spacial score (nSPS) is 10.8. The molecular weight excluding hydrogens is 374 g/mol. The van der Waals surface area contributed by atoms with Crippen LogP contribution >= 0.6 is 11.3 Å². The van der Waals surface area contributed by atoms with Gasteiger partial charge < -0.3 is 10.1 Å². The number of Topliss-reactive ketones (excluding diaryl/α,β-unsaturated/α-hetero) is 1. The van der Waals surface area contributed by atoms with Crippen LogP contribution in [-0.4, -0.2) is 27.7 Å². The van der Waals surface area contributed by atoms with Crippen LogP contribution in [0.2, 0.25) is 0 Å². The summed E-state index contributed by atoms with van der Waals surface area (Å²) in [5.41, 5.74) is 3.16. The number of fused-ring (bicyclic) bond motifs is 1. The van der Waals surface area contributed by atoms with Crippen molar-refractivity contribution >= 4 is 33.7 Å². The Labute approximate surface area is 165 Å². The maximum Gasteiger partial charge on any atom is 0.262 e. The molecule has 2 heterocycles. The number of carbonyl (C=O) groups excluding carboxylic acids is 2. The number of benzene rings is 2. The van der Waals surface area contributed by atoms with E-state index in [0.29, 0.717) is 17.0 Å². The van der Waals surface area contributed by atoms with Gasteiger partial charge in [-0.1, -0.05) is 12.1 Å². The molecule has 0 aliphatic heterocycles. The average molecular weight is 391 g/mol. The molecular formula is C21H17N3O3S. The second-order valence-corrected chi connectivity index (χ2v) is 7.09. The number of carbonyl (C=O) groups is 2. The van der Waals surface area contributed by atoms with Crippen molar-refractivity contribution in [2.75, 3.05) is 11.9 Å². The van der Waals surface area contributed by atoms with E-state index < -0.39 is 0 Å². The van der Waals surface area contributed by atoms with E-state index in [9.17, 15) is 9.59 Å². The van der Waals surface area contributed by atoms with E-state index in [4.69, 9.17) is 4.74 Å². The number of anilines is 1. The number of thiazole rings is 1. The van der Waals surface area contributed by atoms with Gasteiger partial charge >= 0.3 is 0 Å². The highest BCUT2D eigenvalue weighted by Gasteiger charge is 2.07. The first-order valence-corrected chi connectivity index (χ1v) is 9.53. The van der Waals surface area contributed by atoms with Gasteiger partial charge in [0, 0.05) is 34.6 Å². The van der Waals surface area contributed by atoms with Gasteiger partial charge in [0.15, 0.2) is 17.4 Å². The molecule has 140 valence electrons. The molecule has 0 radical (unpaired) electrons. The van der Waals surface area contributed by atoms with Crippen molar-refractivity contribution in [3.63, 3.8) is 0 Å². The van der Waals surface area contributed by atoms with Crippen molar-refractivity contribution < 1.29 is 14.3 Å². The Hall–Kier alpha value is -3.45. The molecule has 0 saturated carbocycles. The zero-order valence-electron chi connectivity index (χ0n) is 15.1. The molecule has 1 amide bonds. The van der Waals surface area contributed by atoms with Crippen LogP contribution in [0.1, 0.15) is 17.3 Å². The minimum Gasteiger partial charge on any atom is -0.484 e. The maximum atomic E-state index is 12.1. The third kappa shape index (κ3) is 3.94. The van der Waals surface area contributed by atoms with E-state index in [1.54, 1.807) is 35.6 Å². The lowest BCUT2D eigenvalue weighted by Gasteiger charge is -2.08. The van der Waals surface area contributed by atoms with Crippen molar-refractivity contribution in [1.29, 1.82) is 0 Å². The number of ether oxygens (including phenoxy) is 1. The number of amides is 1. The minimum absolute atomic E-state index is 0.0110. The van der Waals surface area contributed by atoms with Gasteiger partial charge in [0.05, 0.1) is 5.69 Å². The van der Waals surface area contributed by atoms with Crippen LogP contribution in [0.3, 0.4) is 0 Å². The summed E-state index contributed by atoms with van der Waals surface area (Å²) in [5.74, 6) is 0.268. The van der Waals surface area contributed by atoms with Gasteiger partial charge in [0.25, 0.3) is 5.91 Å². The Morgan fingerprint density at radius 2 is 1.86 bits per heavy atom. The van der Waals surface area contributed by atoms with Gasteiger partial charge in [0.2, 0.25) is 0 Å². The first-order valence-electron chi connectivity index (χ1n) is 8.65. The lowest BCUT2D eigenvalue weighted by molar-refractivity contribution is -0.118. The van der Waals surface area contributed by atoms with Crippen molar-refractivity contribution in [2.45, 2.75) is 6.92 Å². The molecule has 0 aliphatic carbocycles. The van der Waals surface area contributed by atoms with E-state index in [1.807, 2.05) is 46.4 Å². The number of hydrogen-bond donors (Lipinski definition) is 1. The maximum absolute atomic E-state index is 12.1. The number of aromatic nitrogens is 2. The van der Waals surface area contributed by atoms with Crippen molar-refractivity contribution in [1.82, 2.24) is 9.38 Å². The molecule has 6 nitrogen and oxygen atoms in total. The monoisotopic (exact) mass is 391 g/mol. The molecule has 0 atom stereocenters. The standard InChI is InChI=1S/C21H17N3O3S/c1-14(25)15-4-8-18(9-5-15)27-13-20(26)22-17-6-2-16(3-7-17)19-12-24-10-11-28-21(24)23-19/h2-12H,13H2,1H3,(H,22,26). The quantitative estimate of drug-likeness (QED) is 0.498. The Morgan fingerprint density at radius 3 is 2.54 bits per heavy atom. The Balaban J connectivity index is 1.34. The van der Waals surface area contributed by atoms with Crippen LogP contribution < -0.4 is 10.1 Å². The number of nitrogens with zero attached hydrogens (tertiary/aromatic N) is 2. The lowest BCUT2D eigenvalue weighted by Crippen LogP contribution is -2.20. The summed E-state index contributed by atoms with van der Waals surface area (Å²) in [6, 6.07) is 14.2. The zero-order valence-corrected chi connectivity index (χ0v) is 15.9. The largest absolute Gasteiger partial charge is 0.484 e. The van der Waals surface area contributed by atoms with Crippen LogP contribution in [0.15, 0.2) is 66.3 Å². The molecule has 0 unspecified atom stereocenters.